The fraction of sp³-hybridized carbons (Fsp3) is 0.550. The van der Waals surface area contributed by atoms with E-state index in [2.05, 4.69) is 5.32 Å². The van der Waals surface area contributed by atoms with E-state index in [1.807, 2.05) is 51.1 Å². The van der Waals surface area contributed by atoms with Gasteiger partial charge in [-0.05, 0) is 25.3 Å². The summed E-state index contributed by atoms with van der Waals surface area (Å²) in [6.07, 6.45) is 2.78. The normalized spacial score (nSPS) is 15.9. The Kier molecular flexibility index (Phi) is 6.77. The second-order valence-corrected chi connectivity index (χ2v) is 6.80. The number of urea groups is 1. The zero-order chi connectivity index (χ0) is 19.2. The molecule has 1 N–H and O–H groups in total. The molecule has 6 nitrogen and oxygen atoms in total. The number of likely N-dealkylation sites (N-methyl/N-ethyl adjacent to an activating group) is 1. The van der Waals surface area contributed by atoms with Gasteiger partial charge in [0, 0.05) is 13.1 Å². The first kappa shape index (κ1) is 19.9. The SMILES string of the molecule is CCCC1(CCC)NC(=O)N(CC(=O)N(CC)Cc2ccccc2)C1=O. The summed E-state index contributed by atoms with van der Waals surface area (Å²) in [7, 11) is 0. The second-order valence-electron chi connectivity index (χ2n) is 6.80. The lowest BCUT2D eigenvalue weighted by Crippen LogP contribution is -2.47. The Morgan fingerprint density at radius 1 is 1.08 bits per heavy atom. The van der Waals surface area contributed by atoms with Crippen LogP contribution in [0.3, 0.4) is 0 Å². The maximum Gasteiger partial charge on any atom is 0.325 e. The van der Waals surface area contributed by atoms with Crippen LogP contribution in [0.1, 0.15) is 52.0 Å². The first-order valence-corrected chi connectivity index (χ1v) is 9.43. The number of nitrogens with one attached hydrogen (secondary N) is 1. The molecule has 1 aliphatic rings. The van der Waals surface area contributed by atoms with E-state index in [0.717, 1.165) is 23.3 Å². The van der Waals surface area contributed by atoms with E-state index in [0.29, 0.717) is 25.9 Å². The van der Waals surface area contributed by atoms with Crippen LogP contribution < -0.4 is 5.32 Å². The summed E-state index contributed by atoms with van der Waals surface area (Å²) in [6.45, 7) is 6.65. The zero-order valence-corrected chi connectivity index (χ0v) is 16.0. The van der Waals surface area contributed by atoms with E-state index in [1.54, 1.807) is 4.90 Å². The molecule has 0 unspecified atom stereocenters. The Bertz CT molecular complexity index is 639. The highest BCUT2D eigenvalue weighted by Gasteiger charge is 2.50. The minimum absolute atomic E-state index is 0.208. The number of hydrogen-bond acceptors (Lipinski definition) is 3. The highest BCUT2D eigenvalue weighted by molar-refractivity contribution is 6.09. The van der Waals surface area contributed by atoms with Crippen molar-refractivity contribution in [2.24, 2.45) is 0 Å². The Labute approximate surface area is 155 Å². The van der Waals surface area contributed by atoms with Gasteiger partial charge in [-0.15, -0.1) is 0 Å². The van der Waals surface area contributed by atoms with Crippen molar-refractivity contribution in [3.8, 4) is 0 Å². The molecule has 142 valence electrons. The highest BCUT2D eigenvalue weighted by atomic mass is 16.2. The Hall–Kier alpha value is -2.37. The van der Waals surface area contributed by atoms with Gasteiger partial charge < -0.3 is 10.2 Å². The summed E-state index contributed by atoms with van der Waals surface area (Å²) < 4.78 is 0. The van der Waals surface area contributed by atoms with Crippen LogP contribution in [0.4, 0.5) is 4.79 Å². The topological polar surface area (TPSA) is 69.7 Å². The molecule has 1 aromatic carbocycles. The molecule has 0 atom stereocenters. The Morgan fingerprint density at radius 3 is 2.23 bits per heavy atom. The molecule has 26 heavy (non-hydrogen) atoms. The first-order chi connectivity index (χ1) is 12.5. The van der Waals surface area contributed by atoms with Crippen LogP contribution in [0.2, 0.25) is 0 Å². The number of hydrogen-bond donors (Lipinski definition) is 1. The molecule has 0 saturated carbocycles. The predicted molar refractivity (Wildman–Crippen MR) is 100 cm³/mol. The third-order valence-corrected chi connectivity index (χ3v) is 4.84. The highest BCUT2D eigenvalue weighted by Crippen LogP contribution is 2.28. The quantitative estimate of drug-likeness (QED) is 0.689. The van der Waals surface area contributed by atoms with Crippen LogP contribution in [0.25, 0.3) is 0 Å². The summed E-state index contributed by atoms with van der Waals surface area (Å²) in [4.78, 5) is 40.7. The van der Waals surface area contributed by atoms with E-state index < -0.39 is 11.6 Å². The average molecular weight is 359 g/mol. The number of benzene rings is 1. The number of amides is 4. The molecule has 1 fully saturated rings. The minimum atomic E-state index is -0.850. The van der Waals surface area contributed by atoms with Crippen molar-refractivity contribution < 1.29 is 14.4 Å². The molecule has 1 saturated heterocycles. The van der Waals surface area contributed by atoms with Crippen LogP contribution in [0.5, 0.6) is 0 Å². The molecule has 2 rings (SSSR count). The molecule has 1 aliphatic heterocycles. The van der Waals surface area contributed by atoms with Crippen LogP contribution in [-0.4, -0.2) is 46.3 Å². The minimum Gasteiger partial charge on any atom is -0.337 e. The molecule has 0 spiro atoms. The van der Waals surface area contributed by atoms with Gasteiger partial charge in [-0.25, -0.2) is 4.79 Å². The van der Waals surface area contributed by atoms with Gasteiger partial charge in [-0.3, -0.25) is 14.5 Å². The van der Waals surface area contributed by atoms with Crippen molar-refractivity contribution in [2.75, 3.05) is 13.1 Å². The molecule has 6 heteroatoms. The molecule has 0 aliphatic carbocycles. The van der Waals surface area contributed by atoms with E-state index in [9.17, 15) is 14.4 Å². The third kappa shape index (κ3) is 4.23. The third-order valence-electron chi connectivity index (χ3n) is 4.84. The molecule has 4 amide bonds. The Morgan fingerprint density at radius 2 is 1.69 bits per heavy atom. The molecular formula is C20H29N3O3. The van der Waals surface area contributed by atoms with Crippen molar-refractivity contribution in [3.63, 3.8) is 0 Å². The van der Waals surface area contributed by atoms with Gasteiger partial charge >= 0.3 is 6.03 Å². The van der Waals surface area contributed by atoms with Crippen LogP contribution >= 0.6 is 0 Å². The smallest absolute Gasteiger partial charge is 0.325 e. The predicted octanol–water partition coefficient (Wildman–Crippen LogP) is 2.93. The van der Waals surface area contributed by atoms with Gasteiger partial charge in [0.2, 0.25) is 5.91 Å². The first-order valence-electron chi connectivity index (χ1n) is 9.43. The van der Waals surface area contributed by atoms with Crippen molar-refractivity contribution in [1.82, 2.24) is 15.1 Å². The van der Waals surface area contributed by atoms with Crippen molar-refractivity contribution in [3.05, 3.63) is 35.9 Å². The van der Waals surface area contributed by atoms with E-state index in [4.69, 9.17) is 0 Å². The van der Waals surface area contributed by atoms with Gasteiger partial charge in [0.15, 0.2) is 0 Å². The number of carbonyl (C=O) groups is 3. The van der Waals surface area contributed by atoms with Gasteiger partial charge in [0.05, 0.1) is 0 Å². The number of carbonyl (C=O) groups excluding carboxylic acids is 3. The van der Waals surface area contributed by atoms with Crippen LogP contribution in [0.15, 0.2) is 30.3 Å². The summed E-state index contributed by atoms with van der Waals surface area (Å²) in [5.74, 6) is -0.487. The molecule has 0 bridgehead atoms. The van der Waals surface area contributed by atoms with Crippen molar-refractivity contribution >= 4 is 17.8 Å². The molecule has 1 heterocycles. The van der Waals surface area contributed by atoms with E-state index >= 15 is 0 Å². The molecule has 0 aromatic heterocycles. The van der Waals surface area contributed by atoms with Gasteiger partial charge in [-0.2, -0.15) is 0 Å². The fourth-order valence-electron chi connectivity index (χ4n) is 3.55. The van der Waals surface area contributed by atoms with Crippen molar-refractivity contribution in [2.45, 2.75) is 58.5 Å². The molecular weight excluding hydrogens is 330 g/mol. The second kappa shape index (κ2) is 8.83. The number of rotatable bonds is 9. The molecule has 0 radical (unpaired) electrons. The summed E-state index contributed by atoms with van der Waals surface area (Å²) >= 11 is 0. The lowest BCUT2D eigenvalue weighted by molar-refractivity contribution is -0.139. The van der Waals surface area contributed by atoms with Crippen molar-refractivity contribution in [1.29, 1.82) is 0 Å². The largest absolute Gasteiger partial charge is 0.337 e. The summed E-state index contributed by atoms with van der Waals surface area (Å²) in [6, 6.07) is 9.23. The number of imide groups is 1. The zero-order valence-electron chi connectivity index (χ0n) is 16.0. The monoisotopic (exact) mass is 359 g/mol. The van der Waals surface area contributed by atoms with E-state index in [1.165, 1.54) is 0 Å². The van der Waals surface area contributed by atoms with Crippen LogP contribution in [-0.2, 0) is 16.1 Å². The number of nitrogens with zero attached hydrogens (tertiary/aromatic N) is 2. The van der Waals surface area contributed by atoms with Gasteiger partial charge in [0.25, 0.3) is 5.91 Å². The summed E-state index contributed by atoms with van der Waals surface area (Å²) in [5.41, 5.74) is 0.170. The summed E-state index contributed by atoms with van der Waals surface area (Å²) in [5, 5.41) is 2.85. The lowest BCUT2D eigenvalue weighted by atomic mass is 9.88. The van der Waals surface area contributed by atoms with Gasteiger partial charge in [-0.1, -0.05) is 57.0 Å². The molecule has 1 aromatic rings. The van der Waals surface area contributed by atoms with Crippen LogP contribution in [0, 0.1) is 0 Å². The van der Waals surface area contributed by atoms with E-state index in [-0.39, 0.29) is 18.4 Å². The maximum atomic E-state index is 12.9. The van der Waals surface area contributed by atoms with Gasteiger partial charge in [0.1, 0.15) is 12.1 Å². The lowest BCUT2D eigenvalue weighted by Gasteiger charge is -2.26. The standard InChI is InChI=1S/C20H29N3O3/c1-4-12-20(13-5-2)18(25)23(19(26)21-20)15-17(24)22(6-3)14-16-10-8-7-9-11-16/h7-11H,4-6,12-15H2,1-3H3,(H,21,26). The fourth-order valence-corrected chi connectivity index (χ4v) is 3.55. The average Bonchev–Trinajstić information content (AvgIpc) is 2.85. The Balaban J connectivity index is 2.09. The maximum absolute atomic E-state index is 12.9.